The molecule has 2 rings (SSSR count). The molecule has 0 bridgehead atoms. The minimum atomic E-state index is -0.0281. The first-order valence-corrected chi connectivity index (χ1v) is 6.16. The maximum absolute atomic E-state index is 6.25. The summed E-state index contributed by atoms with van der Waals surface area (Å²) < 4.78 is 1.91. The third-order valence-electron chi connectivity index (χ3n) is 3.45. The van der Waals surface area contributed by atoms with Gasteiger partial charge in [0.1, 0.15) is 0 Å². The van der Waals surface area contributed by atoms with Crippen molar-refractivity contribution in [2.45, 2.75) is 33.2 Å². The van der Waals surface area contributed by atoms with Crippen molar-refractivity contribution in [2.75, 3.05) is 0 Å². The zero-order valence-electron chi connectivity index (χ0n) is 11.4. The van der Waals surface area contributed by atoms with Crippen LogP contribution in [0.5, 0.6) is 0 Å². The molecule has 2 heterocycles. The highest BCUT2D eigenvalue weighted by Crippen LogP contribution is 2.20. The average Bonchev–Trinajstić information content (AvgIpc) is 2.57. The van der Waals surface area contributed by atoms with Crippen LogP contribution >= 0.6 is 0 Å². The van der Waals surface area contributed by atoms with Gasteiger partial charge in [0.05, 0.1) is 5.69 Å². The van der Waals surface area contributed by atoms with E-state index in [-0.39, 0.29) is 6.04 Å². The van der Waals surface area contributed by atoms with E-state index in [0.29, 0.717) is 0 Å². The van der Waals surface area contributed by atoms with Gasteiger partial charge >= 0.3 is 0 Å². The van der Waals surface area contributed by atoms with Crippen LogP contribution in [0.1, 0.15) is 34.3 Å². The monoisotopic (exact) mass is 244 g/mol. The molecule has 0 aliphatic heterocycles. The first kappa shape index (κ1) is 12.8. The van der Waals surface area contributed by atoms with Gasteiger partial charge in [-0.15, -0.1) is 0 Å². The molecule has 0 fully saturated rings. The molecule has 0 radical (unpaired) electrons. The first-order valence-electron chi connectivity index (χ1n) is 6.16. The number of pyridine rings is 1. The summed E-state index contributed by atoms with van der Waals surface area (Å²) in [4.78, 5) is 4.29. The molecule has 18 heavy (non-hydrogen) atoms. The zero-order chi connectivity index (χ0) is 13.3. The average molecular weight is 244 g/mol. The Morgan fingerprint density at radius 1 is 1.28 bits per heavy atom. The molecule has 0 saturated heterocycles. The van der Waals surface area contributed by atoms with Crippen molar-refractivity contribution in [1.82, 2.24) is 14.8 Å². The van der Waals surface area contributed by atoms with E-state index in [9.17, 15) is 0 Å². The molecule has 1 atom stereocenters. The quantitative estimate of drug-likeness (QED) is 0.898. The van der Waals surface area contributed by atoms with Crippen LogP contribution in [0.25, 0.3) is 0 Å². The second kappa shape index (κ2) is 4.90. The van der Waals surface area contributed by atoms with Gasteiger partial charge in [-0.25, -0.2) is 0 Å². The first-order chi connectivity index (χ1) is 8.49. The van der Waals surface area contributed by atoms with Crippen LogP contribution in [-0.2, 0) is 13.5 Å². The lowest BCUT2D eigenvalue weighted by Crippen LogP contribution is -2.14. The Labute approximate surface area is 108 Å². The van der Waals surface area contributed by atoms with Gasteiger partial charge in [0.25, 0.3) is 0 Å². The molecule has 2 aromatic rings. The number of nitrogens with two attached hydrogens (primary N) is 1. The van der Waals surface area contributed by atoms with E-state index >= 15 is 0 Å². The largest absolute Gasteiger partial charge is 0.324 e. The van der Waals surface area contributed by atoms with Crippen molar-refractivity contribution in [2.24, 2.45) is 12.8 Å². The van der Waals surface area contributed by atoms with Crippen molar-refractivity contribution < 1.29 is 0 Å². The van der Waals surface area contributed by atoms with Crippen LogP contribution in [0.15, 0.2) is 18.3 Å². The van der Waals surface area contributed by atoms with Crippen molar-refractivity contribution in [3.05, 3.63) is 46.5 Å². The lowest BCUT2D eigenvalue weighted by Gasteiger charge is -2.12. The van der Waals surface area contributed by atoms with E-state index in [0.717, 1.165) is 23.4 Å². The van der Waals surface area contributed by atoms with Gasteiger partial charge in [0, 0.05) is 30.7 Å². The summed E-state index contributed by atoms with van der Waals surface area (Å²) >= 11 is 0. The maximum atomic E-state index is 6.25. The molecular formula is C14H20N4. The summed E-state index contributed by atoms with van der Waals surface area (Å²) in [5.74, 6) is 0. The van der Waals surface area contributed by atoms with Crippen LogP contribution in [0, 0.1) is 20.8 Å². The standard InChI is InChI=1S/C14H20N4/c1-9-5-6-12(8-16-9)14(15)7-13-10(2)17-18(4)11(13)3/h5-6,8,14H,7,15H2,1-4H3. The zero-order valence-corrected chi connectivity index (χ0v) is 11.4. The summed E-state index contributed by atoms with van der Waals surface area (Å²) in [5, 5.41) is 4.42. The minimum absolute atomic E-state index is 0.0281. The van der Waals surface area contributed by atoms with Crippen molar-refractivity contribution in [3.8, 4) is 0 Å². The van der Waals surface area contributed by atoms with E-state index in [1.165, 1.54) is 11.3 Å². The maximum Gasteiger partial charge on any atom is 0.0629 e. The Kier molecular flexibility index (Phi) is 3.48. The molecule has 0 aromatic carbocycles. The fourth-order valence-corrected chi connectivity index (χ4v) is 2.15. The predicted octanol–water partition coefficient (Wildman–Crippen LogP) is 1.98. The Hall–Kier alpha value is -1.68. The molecule has 4 heteroatoms. The normalized spacial score (nSPS) is 12.7. The molecule has 1 unspecified atom stereocenters. The summed E-state index contributed by atoms with van der Waals surface area (Å²) in [6.45, 7) is 6.09. The number of hydrogen-bond acceptors (Lipinski definition) is 3. The Balaban J connectivity index is 2.21. The number of aromatic nitrogens is 3. The Bertz CT molecular complexity index is 540. The molecule has 2 aromatic heterocycles. The topological polar surface area (TPSA) is 56.7 Å². The summed E-state index contributed by atoms with van der Waals surface area (Å²) in [6.07, 6.45) is 2.66. The van der Waals surface area contributed by atoms with Gasteiger partial charge in [0.2, 0.25) is 0 Å². The third-order valence-corrected chi connectivity index (χ3v) is 3.45. The van der Waals surface area contributed by atoms with E-state index in [1.54, 1.807) is 0 Å². The van der Waals surface area contributed by atoms with E-state index in [2.05, 4.69) is 17.0 Å². The molecule has 4 nitrogen and oxygen atoms in total. The van der Waals surface area contributed by atoms with Crippen LogP contribution in [0.4, 0.5) is 0 Å². The Morgan fingerprint density at radius 2 is 2.00 bits per heavy atom. The van der Waals surface area contributed by atoms with Gasteiger partial charge in [-0.05, 0) is 44.4 Å². The molecule has 2 N–H and O–H groups in total. The van der Waals surface area contributed by atoms with Gasteiger partial charge in [0.15, 0.2) is 0 Å². The summed E-state index contributed by atoms with van der Waals surface area (Å²) in [7, 11) is 1.96. The molecular weight excluding hydrogens is 224 g/mol. The second-order valence-corrected chi connectivity index (χ2v) is 4.82. The lowest BCUT2D eigenvalue weighted by atomic mass is 9.99. The lowest BCUT2D eigenvalue weighted by molar-refractivity contribution is 0.704. The van der Waals surface area contributed by atoms with Gasteiger partial charge in [-0.3, -0.25) is 9.67 Å². The van der Waals surface area contributed by atoms with Gasteiger partial charge in [-0.1, -0.05) is 6.07 Å². The van der Waals surface area contributed by atoms with Crippen LogP contribution in [-0.4, -0.2) is 14.8 Å². The molecule has 0 aliphatic carbocycles. The number of hydrogen-bond donors (Lipinski definition) is 1. The van der Waals surface area contributed by atoms with Crippen molar-refractivity contribution in [3.63, 3.8) is 0 Å². The molecule has 96 valence electrons. The highest BCUT2D eigenvalue weighted by Gasteiger charge is 2.14. The van der Waals surface area contributed by atoms with E-state index in [1.807, 2.05) is 43.9 Å². The van der Waals surface area contributed by atoms with Gasteiger partial charge in [-0.2, -0.15) is 5.10 Å². The number of nitrogens with zero attached hydrogens (tertiary/aromatic N) is 3. The fourth-order valence-electron chi connectivity index (χ4n) is 2.15. The molecule has 0 spiro atoms. The van der Waals surface area contributed by atoms with E-state index < -0.39 is 0 Å². The van der Waals surface area contributed by atoms with Crippen molar-refractivity contribution in [1.29, 1.82) is 0 Å². The number of rotatable bonds is 3. The summed E-state index contributed by atoms with van der Waals surface area (Å²) in [5.41, 5.74) is 11.8. The Morgan fingerprint density at radius 3 is 2.50 bits per heavy atom. The molecule has 0 amide bonds. The van der Waals surface area contributed by atoms with Crippen LogP contribution in [0.2, 0.25) is 0 Å². The SMILES string of the molecule is Cc1ccc(C(N)Cc2c(C)nn(C)c2C)cn1. The van der Waals surface area contributed by atoms with E-state index in [4.69, 9.17) is 5.73 Å². The van der Waals surface area contributed by atoms with Crippen molar-refractivity contribution >= 4 is 0 Å². The van der Waals surface area contributed by atoms with Gasteiger partial charge < -0.3 is 5.73 Å². The predicted molar refractivity (Wildman–Crippen MR) is 72.3 cm³/mol. The van der Waals surface area contributed by atoms with Crippen LogP contribution in [0.3, 0.4) is 0 Å². The highest BCUT2D eigenvalue weighted by atomic mass is 15.3. The molecule has 0 saturated carbocycles. The van der Waals surface area contributed by atoms with Crippen LogP contribution < -0.4 is 5.73 Å². The highest BCUT2D eigenvalue weighted by molar-refractivity contribution is 5.28. The second-order valence-electron chi connectivity index (χ2n) is 4.82. The smallest absolute Gasteiger partial charge is 0.0629 e. The third kappa shape index (κ3) is 2.43. The molecule has 0 aliphatic rings. The number of aryl methyl sites for hydroxylation is 3. The summed E-state index contributed by atoms with van der Waals surface area (Å²) in [6, 6.07) is 4.02. The fraction of sp³-hybridized carbons (Fsp3) is 0.429. The minimum Gasteiger partial charge on any atom is -0.324 e.